The van der Waals surface area contributed by atoms with E-state index in [-0.39, 0.29) is 13.2 Å². The Balaban J connectivity index is 2.64. The fraction of sp³-hybridized carbons (Fsp3) is 0.455. The maximum Gasteiger partial charge on any atom is 0.0633 e. The molecule has 0 saturated heterocycles. The van der Waals surface area contributed by atoms with Crippen LogP contribution in [-0.2, 0) is 6.54 Å². The second-order valence-corrected chi connectivity index (χ2v) is 5.24. The van der Waals surface area contributed by atoms with E-state index >= 15 is 0 Å². The van der Waals surface area contributed by atoms with Gasteiger partial charge < -0.3 is 15.5 Å². The molecule has 0 unspecified atom stereocenters. The predicted molar refractivity (Wildman–Crippen MR) is 68.6 cm³/mol. The Morgan fingerprint density at radius 3 is 2.50 bits per heavy atom. The molecule has 0 aliphatic carbocycles. The SMILES string of the molecule is CC(CO)(CO)NCc1ccc(Br)c(Cl)c1. The van der Waals surface area contributed by atoms with Crippen molar-refractivity contribution in [2.75, 3.05) is 13.2 Å². The Bertz CT molecular complexity index is 356. The van der Waals surface area contributed by atoms with Gasteiger partial charge in [-0.2, -0.15) is 0 Å². The third-order valence-electron chi connectivity index (χ3n) is 2.40. The number of benzene rings is 1. The van der Waals surface area contributed by atoms with Crippen LogP contribution in [0.1, 0.15) is 12.5 Å². The van der Waals surface area contributed by atoms with Gasteiger partial charge in [-0.05, 0) is 40.5 Å². The summed E-state index contributed by atoms with van der Waals surface area (Å²) in [6.07, 6.45) is 0. The highest BCUT2D eigenvalue weighted by atomic mass is 79.9. The molecule has 0 aliphatic heterocycles. The van der Waals surface area contributed by atoms with Gasteiger partial charge in [-0.3, -0.25) is 0 Å². The van der Waals surface area contributed by atoms with Crippen molar-refractivity contribution < 1.29 is 10.2 Å². The second kappa shape index (κ2) is 5.98. The van der Waals surface area contributed by atoms with E-state index in [2.05, 4.69) is 21.2 Å². The van der Waals surface area contributed by atoms with E-state index in [1.807, 2.05) is 18.2 Å². The minimum atomic E-state index is -0.667. The van der Waals surface area contributed by atoms with Gasteiger partial charge in [-0.1, -0.05) is 17.7 Å². The molecular weight excluding hydrogens is 293 g/mol. The predicted octanol–water partition coefficient (Wildman–Crippen LogP) is 1.94. The van der Waals surface area contributed by atoms with Crippen LogP contribution in [0.2, 0.25) is 5.02 Å². The maximum absolute atomic E-state index is 9.11. The third kappa shape index (κ3) is 3.71. The molecular formula is C11H15BrClNO2. The molecule has 0 aromatic heterocycles. The number of hydrogen-bond acceptors (Lipinski definition) is 3. The lowest BCUT2D eigenvalue weighted by molar-refractivity contribution is 0.103. The number of rotatable bonds is 5. The Kier molecular flexibility index (Phi) is 5.21. The van der Waals surface area contributed by atoms with Gasteiger partial charge >= 0.3 is 0 Å². The summed E-state index contributed by atoms with van der Waals surface area (Å²) in [5.74, 6) is 0. The Hall–Kier alpha value is -0.130. The van der Waals surface area contributed by atoms with E-state index in [1.165, 1.54) is 0 Å². The Morgan fingerprint density at radius 2 is 2.00 bits per heavy atom. The van der Waals surface area contributed by atoms with Crippen molar-refractivity contribution >= 4 is 27.5 Å². The van der Waals surface area contributed by atoms with E-state index in [4.69, 9.17) is 21.8 Å². The van der Waals surface area contributed by atoms with Gasteiger partial charge in [-0.25, -0.2) is 0 Å². The highest BCUT2D eigenvalue weighted by Gasteiger charge is 2.20. The minimum Gasteiger partial charge on any atom is -0.394 e. The molecule has 0 aliphatic rings. The first-order valence-electron chi connectivity index (χ1n) is 4.91. The molecule has 0 amide bonds. The summed E-state index contributed by atoms with van der Waals surface area (Å²) in [6.45, 7) is 2.07. The van der Waals surface area contributed by atoms with Gasteiger partial charge in [0.25, 0.3) is 0 Å². The lowest BCUT2D eigenvalue weighted by Gasteiger charge is -2.26. The maximum atomic E-state index is 9.11. The van der Waals surface area contributed by atoms with Crippen molar-refractivity contribution in [3.05, 3.63) is 33.3 Å². The first-order valence-corrected chi connectivity index (χ1v) is 6.08. The van der Waals surface area contributed by atoms with Crippen LogP contribution in [0, 0.1) is 0 Å². The average molecular weight is 309 g/mol. The molecule has 1 aromatic rings. The summed E-state index contributed by atoms with van der Waals surface area (Å²) in [4.78, 5) is 0. The fourth-order valence-electron chi connectivity index (χ4n) is 1.13. The molecule has 3 N–H and O–H groups in total. The van der Waals surface area contributed by atoms with Crippen molar-refractivity contribution in [2.24, 2.45) is 0 Å². The van der Waals surface area contributed by atoms with Gasteiger partial charge in [0.1, 0.15) is 0 Å². The van der Waals surface area contributed by atoms with E-state index in [0.717, 1.165) is 10.0 Å². The molecule has 0 fully saturated rings. The topological polar surface area (TPSA) is 52.5 Å². The summed E-state index contributed by atoms with van der Waals surface area (Å²) in [6, 6.07) is 5.64. The van der Waals surface area contributed by atoms with Gasteiger partial charge in [0.05, 0.1) is 23.8 Å². The zero-order chi connectivity index (χ0) is 12.2. The zero-order valence-corrected chi connectivity index (χ0v) is 11.3. The van der Waals surface area contributed by atoms with E-state index in [1.54, 1.807) is 6.92 Å². The van der Waals surface area contributed by atoms with E-state index < -0.39 is 5.54 Å². The number of nitrogens with one attached hydrogen (secondary N) is 1. The molecule has 1 aromatic carbocycles. The summed E-state index contributed by atoms with van der Waals surface area (Å²) < 4.78 is 0.852. The molecule has 90 valence electrons. The molecule has 16 heavy (non-hydrogen) atoms. The monoisotopic (exact) mass is 307 g/mol. The lowest BCUT2D eigenvalue weighted by Crippen LogP contribution is -2.48. The third-order valence-corrected chi connectivity index (χ3v) is 3.63. The number of aliphatic hydroxyl groups is 2. The van der Waals surface area contributed by atoms with Crippen molar-refractivity contribution in [1.82, 2.24) is 5.32 Å². The van der Waals surface area contributed by atoms with Crippen LogP contribution in [0.5, 0.6) is 0 Å². The number of aliphatic hydroxyl groups excluding tert-OH is 2. The molecule has 0 heterocycles. The van der Waals surface area contributed by atoms with Gasteiger partial charge in [-0.15, -0.1) is 0 Å². The highest BCUT2D eigenvalue weighted by molar-refractivity contribution is 9.10. The minimum absolute atomic E-state index is 0.117. The van der Waals surface area contributed by atoms with Crippen LogP contribution in [0.25, 0.3) is 0 Å². The molecule has 0 radical (unpaired) electrons. The quantitative estimate of drug-likeness (QED) is 0.779. The van der Waals surface area contributed by atoms with Crippen molar-refractivity contribution in [2.45, 2.75) is 19.0 Å². The van der Waals surface area contributed by atoms with Crippen LogP contribution in [0.4, 0.5) is 0 Å². The largest absolute Gasteiger partial charge is 0.394 e. The summed E-state index contributed by atoms with van der Waals surface area (Å²) in [7, 11) is 0. The standard InChI is InChI=1S/C11H15BrClNO2/c1-11(6-15,7-16)14-5-8-2-3-9(12)10(13)4-8/h2-4,14-16H,5-7H2,1H3. The van der Waals surface area contributed by atoms with Crippen LogP contribution in [0.3, 0.4) is 0 Å². The molecule has 1 rings (SSSR count). The van der Waals surface area contributed by atoms with Crippen LogP contribution >= 0.6 is 27.5 Å². The Labute approximate surface area is 109 Å². The number of hydrogen-bond donors (Lipinski definition) is 3. The van der Waals surface area contributed by atoms with Gasteiger partial charge in [0, 0.05) is 11.0 Å². The first kappa shape index (κ1) is 13.9. The summed E-state index contributed by atoms with van der Waals surface area (Å²) in [5, 5.41) is 21.9. The normalized spacial score (nSPS) is 11.8. The second-order valence-electron chi connectivity index (χ2n) is 3.98. The summed E-state index contributed by atoms with van der Waals surface area (Å²) in [5.41, 5.74) is 0.334. The van der Waals surface area contributed by atoms with E-state index in [9.17, 15) is 0 Å². The lowest BCUT2D eigenvalue weighted by atomic mass is 10.0. The Morgan fingerprint density at radius 1 is 1.38 bits per heavy atom. The molecule has 3 nitrogen and oxygen atoms in total. The molecule has 0 spiro atoms. The summed E-state index contributed by atoms with van der Waals surface area (Å²) >= 11 is 9.27. The van der Waals surface area contributed by atoms with E-state index in [0.29, 0.717) is 11.6 Å². The zero-order valence-electron chi connectivity index (χ0n) is 9.00. The van der Waals surface area contributed by atoms with Crippen LogP contribution < -0.4 is 5.32 Å². The number of halogens is 2. The molecule has 5 heteroatoms. The molecule has 0 saturated carbocycles. The smallest absolute Gasteiger partial charge is 0.0633 e. The van der Waals surface area contributed by atoms with Crippen molar-refractivity contribution in [3.8, 4) is 0 Å². The highest BCUT2D eigenvalue weighted by Crippen LogP contribution is 2.23. The fourth-order valence-corrected chi connectivity index (χ4v) is 1.58. The molecule has 0 atom stereocenters. The van der Waals surface area contributed by atoms with Crippen LogP contribution in [-0.4, -0.2) is 29.0 Å². The van der Waals surface area contributed by atoms with Gasteiger partial charge in [0.2, 0.25) is 0 Å². The van der Waals surface area contributed by atoms with Gasteiger partial charge in [0.15, 0.2) is 0 Å². The molecule has 0 bridgehead atoms. The first-order chi connectivity index (χ1) is 7.50. The van der Waals surface area contributed by atoms with Crippen molar-refractivity contribution in [1.29, 1.82) is 0 Å². The van der Waals surface area contributed by atoms with Crippen molar-refractivity contribution in [3.63, 3.8) is 0 Å². The average Bonchev–Trinajstić information content (AvgIpc) is 2.30. The van der Waals surface area contributed by atoms with Crippen LogP contribution in [0.15, 0.2) is 22.7 Å².